The Kier molecular flexibility index (Phi) is 4.45. The highest BCUT2D eigenvalue weighted by atomic mass is 79.9. The largest absolute Gasteiger partial charge is 0.624 e. The fourth-order valence-electron chi connectivity index (χ4n) is 1.92. The molecule has 100 valence electrons. The molecule has 0 saturated carbocycles. The van der Waals surface area contributed by atoms with Gasteiger partial charge in [-0.3, -0.25) is 9.55 Å². The number of aliphatic hydroxyl groups excluding tert-OH is 2. The van der Waals surface area contributed by atoms with E-state index in [1.165, 1.54) is 4.90 Å². The lowest BCUT2D eigenvalue weighted by atomic mass is 10.2. The van der Waals surface area contributed by atoms with Crippen molar-refractivity contribution in [2.45, 2.75) is 0 Å². The SMILES string of the molecule is [O-][N+]1(CO)CN(CO)c2c(Br)c(Br)c(Br)c(Br)c21. The molecule has 0 fully saturated rings. The molecule has 5 nitrogen and oxygen atoms in total. The molecule has 1 aliphatic heterocycles. The molecular weight excluding hydrogens is 504 g/mol. The Morgan fingerprint density at radius 1 is 1.06 bits per heavy atom. The molecule has 1 unspecified atom stereocenters. The van der Waals surface area contributed by atoms with Gasteiger partial charge in [-0.2, -0.15) is 0 Å². The first-order chi connectivity index (χ1) is 8.37. The average Bonchev–Trinajstić information content (AvgIpc) is 2.67. The van der Waals surface area contributed by atoms with Crippen LogP contribution in [0.2, 0.25) is 0 Å². The van der Waals surface area contributed by atoms with Crippen LogP contribution in [0.5, 0.6) is 0 Å². The Morgan fingerprint density at radius 3 is 2.11 bits per heavy atom. The molecule has 0 radical (unpaired) electrons. The van der Waals surface area contributed by atoms with Gasteiger partial charge in [-0.25, -0.2) is 0 Å². The van der Waals surface area contributed by atoms with Crippen molar-refractivity contribution >= 4 is 75.1 Å². The highest BCUT2D eigenvalue weighted by Crippen LogP contribution is 2.55. The second kappa shape index (κ2) is 5.28. The van der Waals surface area contributed by atoms with Gasteiger partial charge in [0.2, 0.25) is 0 Å². The molecule has 0 aromatic heterocycles. The number of hydrogen-bond donors (Lipinski definition) is 2. The summed E-state index contributed by atoms with van der Waals surface area (Å²) in [5.74, 6) is 0. The number of aliphatic hydroxyl groups is 2. The number of anilines is 1. The number of nitrogens with zero attached hydrogens (tertiary/aromatic N) is 2. The molecule has 1 aromatic carbocycles. The molecule has 2 N–H and O–H groups in total. The van der Waals surface area contributed by atoms with Crippen molar-refractivity contribution in [3.63, 3.8) is 0 Å². The number of hydroxylamine groups is 2. The lowest BCUT2D eigenvalue weighted by Crippen LogP contribution is -2.46. The second-order valence-electron chi connectivity index (χ2n) is 3.81. The molecule has 1 heterocycles. The van der Waals surface area contributed by atoms with Crippen LogP contribution in [0.25, 0.3) is 0 Å². The van der Waals surface area contributed by atoms with Crippen molar-refractivity contribution in [1.82, 2.24) is 4.65 Å². The summed E-state index contributed by atoms with van der Waals surface area (Å²) in [6, 6.07) is 0. The van der Waals surface area contributed by atoms with Crippen molar-refractivity contribution in [2.24, 2.45) is 0 Å². The number of halogens is 4. The fraction of sp³-hybridized carbons (Fsp3) is 0.333. The van der Waals surface area contributed by atoms with Crippen molar-refractivity contribution in [2.75, 3.05) is 25.0 Å². The van der Waals surface area contributed by atoms with Gasteiger partial charge < -0.3 is 15.4 Å². The van der Waals surface area contributed by atoms with Gasteiger partial charge in [0, 0.05) is 4.47 Å². The van der Waals surface area contributed by atoms with Crippen molar-refractivity contribution in [1.29, 1.82) is 0 Å². The topological polar surface area (TPSA) is 66.8 Å². The van der Waals surface area contributed by atoms with E-state index < -0.39 is 11.4 Å². The molecule has 0 spiro atoms. The van der Waals surface area contributed by atoms with Gasteiger partial charge in [-0.05, 0) is 63.7 Å². The Balaban J connectivity index is 2.81. The predicted octanol–water partition coefficient (Wildman–Crippen LogP) is 3.22. The number of benzene rings is 1. The van der Waals surface area contributed by atoms with Crippen LogP contribution in [-0.4, -0.2) is 30.3 Å². The summed E-state index contributed by atoms with van der Waals surface area (Å²) < 4.78 is 1.71. The molecule has 0 aliphatic carbocycles. The minimum Gasteiger partial charge on any atom is -0.624 e. The van der Waals surface area contributed by atoms with Crippen LogP contribution in [0, 0.1) is 5.21 Å². The molecular formula is C9H8Br4N2O3. The molecule has 0 bridgehead atoms. The van der Waals surface area contributed by atoms with E-state index in [0.29, 0.717) is 24.8 Å². The van der Waals surface area contributed by atoms with Crippen LogP contribution in [0.15, 0.2) is 17.9 Å². The van der Waals surface area contributed by atoms with Gasteiger partial charge >= 0.3 is 0 Å². The van der Waals surface area contributed by atoms with Crippen LogP contribution < -0.4 is 9.55 Å². The quantitative estimate of drug-likeness (QED) is 0.277. The Morgan fingerprint density at radius 2 is 1.61 bits per heavy atom. The Bertz CT molecular complexity index is 513. The van der Waals surface area contributed by atoms with Gasteiger partial charge in [-0.15, -0.1) is 0 Å². The number of hydrogen-bond acceptors (Lipinski definition) is 4. The molecule has 0 saturated heterocycles. The van der Waals surface area contributed by atoms with Crippen LogP contribution in [0.1, 0.15) is 0 Å². The summed E-state index contributed by atoms with van der Waals surface area (Å²) in [5, 5.41) is 31.2. The molecule has 1 aliphatic rings. The molecule has 9 heteroatoms. The van der Waals surface area contributed by atoms with Crippen LogP contribution in [0.3, 0.4) is 0 Å². The van der Waals surface area contributed by atoms with E-state index >= 15 is 0 Å². The summed E-state index contributed by atoms with van der Waals surface area (Å²) in [4.78, 5) is 1.50. The normalized spacial score (nSPS) is 22.5. The molecule has 1 aromatic rings. The fourth-order valence-corrected chi connectivity index (χ4v) is 4.57. The smallest absolute Gasteiger partial charge is 0.186 e. The Hall–Kier alpha value is 0.780. The number of fused-ring (bicyclic) bond motifs is 1. The van der Waals surface area contributed by atoms with Gasteiger partial charge in [0.1, 0.15) is 12.4 Å². The van der Waals surface area contributed by atoms with Crippen LogP contribution in [0.4, 0.5) is 11.4 Å². The second-order valence-corrected chi connectivity index (χ2v) is 6.98. The summed E-state index contributed by atoms with van der Waals surface area (Å²) in [5.41, 5.74) is 0.956. The lowest BCUT2D eigenvalue weighted by molar-refractivity contribution is 0.154. The van der Waals surface area contributed by atoms with E-state index in [2.05, 4.69) is 63.7 Å². The lowest BCUT2D eigenvalue weighted by Gasteiger charge is -2.36. The van der Waals surface area contributed by atoms with E-state index in [0.717, 1.165) is 4.47 Å². The minimum atomic E-state index is -0.930. The third kappa shape index (κ3) is 2.08. The maximum Gasteiger partial charge on any atom is 0.186 e. The zero-order valence-electron chi connectivity index (χ0n) is 8.83. The van der Waals surface area contributed by atoms with Crippen molar-refractivity contribution in [3.05, 3.63) is 23.1 Å². The van der Waals surface area contributed by atoms with Gasteiger partial charge in [0.15, 0.2) is 19.1 Å². The summed E-state index contributed by atoms with van der Waals surface area (Å²) in [6.45, 7) is -0.931. The van der Waals surface area contributed by atoms with Gasteiger partial charge in [0.25, 0.3) is 0 Å². The summed E-state index contributed by atoms with van der Waals surface area (Å²) in [6.07, 6.45) is 0. The first kappa shape index (κ1) is 15.2. The first-order valence-corrected chi connectivity index (χ1v) is 7.96. The van der Waals surface area contributed by atoms with Crippen molar-refractivity contribution in [3.8, 4) is 0 Å². The van der Waals surface area contributed by atoms with E-state index in [9.17, 15) is 15.4 Å². The van der Waals surface area contributed by atoms with E-state index in [1.54, 1.807) is 0 Å². The van der Waals surface area contributed by atoms with E-state index in [4.69, 9.17) is 0 Å². The summed E-state index contributed by atoms with van der Waals surface area (Å²) in [7, 11) is 0. The number of quaternary nitrogens is 1. The monoisotopic (exact) mass is 508 g/mol. The van der Waals surface area contributed by atoms with E-state index in [1.807, 2.05) is 0 Å². The van der Waals surface area contributed by atoms with Gasteiger partial charge in [-0.1, -0.05) is 0 Å². The third-order valence-corrected chi connectivity index (χ3v) is 7.47. The highest BCUT2D eigenvalue weighted by molar-refractivity contribution is 9.15. The molecule has 2 rings (SSSR count). The molecule has 18 heavy (non-hydrogen) atoms. The zero-order valence-corrected chi connectivity index (χ0v) is 15.2. The summed E-state index contributed by atoms with van der Waals surface area (Å²) >= 11 is 13.5. The Labute approximate surface area is 137 Å². The maximum absolute atomic E-state index is 12.5. The maximum atomic E-state index is 12.5. The molecule has 0 amide bonds. The van der Waals surface area contributed by atoms with Crippen LogP contribution in [-0.2, 0) is 0 Å². The third-order valence-electron chi connectivity index (χ3n) is 2.74. The van der Waals surface area contributed by atoms with Gasteiger partial charge in [0.05, 0.1) is 13.4 Å². The minimum absolute atomic E-state index is 0.0393. The van der Waals surface area contributed by atoms with E-state index in [-0.39, 0.29) is 13.4 Å². The first-order valence-electron chi connectivity index (χ1n) is 4.78. The van der Waals surface area contributed by atoms with Crippen LogP contribution >= 0.6 is 63.7 Å². The standard InChI is InChI=1S/C9H8Br4N2O3/c10-4-5(11)7(13)9-8(6(4)12)14(2-16)1-15(9,18)3-17/h16-17H,1-3H2. The highest BCUT2D eigenvalue weighted by Gasteiger charge is 2.41. The number of rotatable bonds is 2. The van der Waals surface area contributed by atoms with Crippen molar-refractivity contribution < 1.29 is 10.2 Å². The molecule has 1 atom stereocenters. The average molecular weight is 512 g/mol. The zero-order chi connectivity index (χ0) is 13.7. The predicted molar refractivity (Wildman–Crippen MR) is 83.9 cm³/mol.